The van der Waals surface area contributed by atoms with E-state index in [1.165, 1.54) is 38.4 Å². The van der Waals surface area contributed by atoms with Crippen LogP contribution in [0.5, 0.6) is 0 Å². The van der Waals surface area contributed by atoms with Gasteiger partial charge in [0.25, 0.3) is 11.2 Å². The summed E-state index contributed by atoms with van der Waals surface area (Å²) in [4.78, 5) is 53.2. The first kappa shape index (κ1) is 19.2. The quantitative estimate of drug-likeness (QED) is 0.296. The maximum absolute atomic E-state index is 13.0. The fraction of sp³-hybridized carbons (Fsp3) is 0.158. The molecule has 0 unspecified atom stereocenters. The highest BCUT2D eigenvalue weighted by Gasteiger charge is 2.26. The van der Waals surface area contributed by atoms with Crippen molar-refractivity contribution in [3.63, 3.8) is 0 Å². The molecule has 11 heteroatoms. The molecule has 0 radical (unpaired) electrons. The Balaban J connectivity index is 2.42. The average molecular weight is 410 g/mol. The third kappa shape index (κ3) is 2.63. The highest BCUT2D eigenvalue weighted by molar-refractivity contribution is 6.07. The van der Waals surface area contributed by atoms with E-state index in [-0.39, 0.29) is 44.7 Å². The van der Waals surface area contributed by atoms with Gasteiger partial charge in [-0.1, -0.05) is 12.1 Å². The maximum Gasteiger partial charge on any atom is 0.332 e. The van der Waals surface area contributed by atoms with Gasteiger partial charge in [-0.05, 0) is 6.07 Å². The van der Waals surface area contributed by atoms with Crippen LogP contribution in [0.4, 0.5) is 5.69 Å². The van der Waals surface area contributed by atoms with Crippen LogP contribution in [0.2, 0.25) is 0 Å². The summed E-state index contributed by atoms with van der Waals surface area (Å²) in [5, 5.41) is 21.0. The van der Waals surface area contributed by atoms with Crippen molar-refractivity contribution >= 4 is 27.8 Å². The zero-order chi connectivity index (χ0) is 21.7. The molecule has 3 heterocycles. The molecule has 30 heavy (non-hydrogen) atoms. The van der Waals surface area contributed by atoms with Crippen molar-refractivity contribution in [3.8, 4) is 11.1 Å². The highest BCUT2D eigenvalue weighted by atomic mass is 16.6. The molecule has 0 amide bonds. The Morgan fingerprint density at radius 3 is 2.53 bits per heavy atom. The van der Waals surface area contributed by atoms with E-state index < -0.39 is 28.2 Å². The van der Waals surface area contributed by atoms with Crippen LogP contribution in [0.15, 0.2) is 49.1 Å². The maximum atomic E-state index is 13.0. The van der Waals surface area contributed by atoms with Crippen LogP contribution in [0.3, 0.4) is 0 Å². The second-order valence-corrected chi connectivity index (χ2v) is 6.58. The average Bonchev–Trinajstić information content (AvgIpc) is 2.74. The zero-order valence-electron chi connectivity index (χ0n) is 15.8. The van der Waals surface area contributed by atoms with Gasteiger partial charge in [0.1, 0.15) is 12.4 Å². The lowest BCUT2D eigenvalue weighted by Gasteiger charge is -2.13. The number of nitro benzene ring substituents is 1. The van der Waals surface area contributed by atoms with Gasteiger partial charge in [-0.15, -0.1) is 0 Å². The van der Waals surface area contributed by atoms with Gasteiger partial charge in [-0.2, -0.15) is 0 Å². The molecule has 152 valence electrons. The molecule has 0 saturated carbocycles. The highest BCUT2D eigenvalue weighted by Crippen LogP contribution is 2.37. The fourth-order valence-electron chi connectivity index (χ4n) is 3.39. The predicted octanol–water partition coefficient (Wildman–Crippen LogP) is 0.806. The van der Waals surface area contributed by atoms with Crippen LogP contribution >= 0.6 is 0 Å². The van der Waals surface area contributed by atoms with E-state index in [2.05, 4.69) is 4.98 Å². The molecule has 0 aliphatic carbocycles. The van der Waals surface area contributed by atoms with Gasteiger partial charge < -0.3 is 9.52 Å². The molecule has 0 saturated heterocycles. The van der Waals surface area contributed by atoms with Crippen LogP contribution in [-0.2, 0) is 20.7 Å². The number of para-hydroxylation sites is 1. The minimum Gasteiger partial charge on any atom is -0.456 e. The number of nitrogens with zero attached hydrogens (tertiary/aromatic N) is 4. The monoisotopic (exact) mass is 410 g/mol. The lowest BCUT2D eigenvalue weighted by atomic mass is 9.99. The molecule has 1 aromatic carbocycles. The zero-order valence-corrected chi connectivity index (χ0v) is 15.8. The number of hydrogen-bond acceptors (Lipinski definition) is 8. The second kappa shape index (κ2) is 6.74. The summed E-state index contributed by atoms with van der Waals surface area (Å²) in [6.45, 7) is -0.606. The van der Waals surface area contributed by atoms with Crippen molar-refractivity contribution in [2.45, 2.75) is 6.61 Å². The predicted molar refractivity (Wildman–Crippen MR) is 106 cm³/mol. The Morgan fingerprint density at radius 2 is 1.87 bits per heavy atom. The van der Waals surface area contributed by atoms with E-state index in [0.717, 1.165) is 15.2 Å². The number of fused-ring (bicyclic) bond motifs is 2. The molecule has 0 aliphatic rings. The Bertz CT molecular complexity index is 1550. The van der Waals surface area contributed by atoms with Gasteiger partial charge in [0.2, 0.25) is 5.43 Å². The smallest absolute Gasteiger partial charge is 0.332 e. The van der Waals surface area contributed by atoms with E-state index >= 15 is 0 Å². The summed E-state index contributed by atoms with van der Waals surface area (Å²) < 4.78 is 7.53. The van der Waals surface area contributed by atoms with Gasteiger partial charge in [-0.25, -0.2) is 9.78 Å². The van der Waals surface area contributed by atoms with Gasteiger partial charge in [0.15, 0.2) is 16.7 Å². The van der Waals surface area contributed by atoms with Crippen LogP contribution in [0.1, 0.15) is 5.76 Å². The van der Waals surface area contributed by atoms with Crippen molar-refractivity contribution in [1.29, 1.82) is 0 Å². The number of nitro groups is 1. The van der Waals surface area contributed by atoms with Crippen LogP contribution in [0, 0.1) is 10.1 Å². The number of pyridine rings is 1. The Kier molecular flexibility index (Phi) is 4.32. The molecule has 0 spiro atoms. The number of benzene rings is 1. The second-order valence-electron chi connectivity index (χ2n) is 6.58. The van der Waals surface area contributed by atoms with Crippen LogP contribution in [-0.4, -0.2) is 24.1 Å². The van der Waals surface area contributed by atoms with Crippen molar-refractivity contribution < 1.29 is 14.4 Å². The molecular weight excluding hydrogens is 396 g/mol. The van der Waals surface area contributed by atoms with Gasteiger partial charge >= 0.3 is 5.69 Å². The summed E-state index contributed by atoms with van der Waals surface area (Å²) >= 11 is 0. The Hall–Kier alpha value is -4.12. The molecule has 11 nitrogen and oxygen atoms in total. The molecule has 0 bridgehead atoms. The summed E-state index contributed by atoms with van der Waals surface area (Å²) in [5.41, 5.74) is -2.97. The number of rotatable bonds is 3. The standard InChI is InChI=1S/C19H14N4O7/c1-21-17-14(18(26)22(2)19(21)27)13(10-5-3-4-6-11(10)23(28)29)16-15(20-17)12(25)7-9(8-24)30-16/h3-7,24H,8H2,1-2H3. The van der Waals surface area contributed by atoms with Crippen molar-refractivity contribution in [2.24, 2.45) is 14.1 Å². The van der Waals surface area contributed by atoms with Gasteiger partial charge in [0, 0.05) is 26.2 Å². The van der Waals surface area contributed by atoms with Crippen LogP contribution in [0.25, 0.3) is 33.3 Å². The number of aliphatic hydroxyl groups excluding tert-OH is 1. The largest absolute Gasteiger partial charge is 0.456 e. The molecular formula is C19H14N4O7. The van der Waals surface area contributed by atoms with Gasteiger partial charge in [-0.3, -0.25) is 28.8 Å². The molecule has 4 rings (SSSR count). The molecule has 0 aliphatic heterocycles. The summed E-state index contributed by atoms with van der Waals surface area (Å²) in [7, 11) is 2.63. The molecule has 1 N–H and O–H groups in total. The minimum absolute atomic E-state index is 0.00823. The number of aryl methyl sites for hydroxylation is 1. The Labute approximate surface area is 166 Å². The lowest BCUT2D eigenvalue weighted by Crippen LogP contribution is -2.37. The van der Waals surface area contributed by atoms with Crippen molar-refractivity contribution in [1.82, 2.24) is 14.1 Å². The first-order chi connectivity index (χ1) is 14.3. The van der Waals surface area contributed by atoms with E-state index in [1.54, 1.807) is 0 Å². The summed E-state index contributed by atoms with van der Waals surface area (Å²) in [6.07, 6.45) is 0. The first-order valence-electron chi connectivity index (χ1n) is 8.67. The van der Waals surface area contributed by atoms with Gasteiger partial charge in [0.05, 0.1) is 21.4 Å². The molecule has 4 aromatic rings. The van der Waals surface area contributed by atoms with E-state index in [4.69, 9.17) is 4.42 Å². The third-order valence-corrected chi connectivity index (χ3v) is 4.83. The van der Waals surface area contributed by atoms with Crippen molar-refractivity contribution in [3.05, 3.63) is 77.3 Å². The summed E-state index contributed by atoms with van der Waals surface area (Å²) in [5.74, 6) is -0.102. The Morgan fingerprint density at radius 1 is 1.17 bits per heavy atom. The number of hydrogen-bond donors (Lipinski definition) is 1. The molecule has 0 atom stereocenters. The van der Waals surface area contributed by atoms with E-state index in [0.29, 0.717) is 0 Å². The van der Waals surface area contributed by atoms with E-state index in [9.17, 15) is 29.6 Å². The molecule has 3 aromatic heterocycles. The lowest BCUT2D eigenvalue weighted by molar-refractivity contribution is -0.384. The van der Waals surface area contributed by atoms with Crippen LogP contribution < -0.4 is 16.7 Å². The fourth-order valence-corrected chi connectivity index (χ4v) is 3.39. The molecule has 0 fully saturated rings. The number of aromatic nitrogens is 3. The minimum atomic E-state index is -0.757. The summed E-state index contributed by atoms with van der Waals surface area (Å²) in [6, 6.07) is 6.66. The third-order valence-electron chi connectivity index (χ3n) is 4.83. The topological polar surface area (TPSA) is 150 Å². The number of aliphatic hydroxyl groups is 1. The normalized spacial score (nSPS) is 11.3. The van der Waals surface area contributed by atoms with E-state index in [1.807, 2.05) is 0 Å². The first-order valence-corrected chi connectivity index (χ1v) is 8.67. The van der Waals surface area contributed by atoms with Crippen molar-refractivity contribution in [2.75, 3.05) is 0 Å². The SMILES string of the molecule is Cn1c(=O)c2c(-c3ccccc3[N+](=O)[O-])c3oc(CO)cc(=O)c3nc2n(C)c1=O.